The monoisotopic (exact) mass is 435 g/mol. The summed E-state index contributed by atoms with van der Waals surface area (Å²) in [7, 11) is 0. The molecule has 3 N–H and O–H groups in total. The number of nitrogens with one attached hydrogen (secondary N) is 3. The molecule has 0 spiro atoms. The molecule has 0 aromatic heterocycles. The first kappa shape index (κ1) is 22.4. The van der Waals surface area contributed by atoms with E-state index in [4.69, 9.17) is 33.3 Å². The van der Waals surface area contributed by atoms with Crippen LogP contribution in [0.25, 0.3) is 0 Å². The molecule has 0 heterocycles. The normalized spacial score (nSPS) is 10.0. The summed E-state index contributed by atoms with van der Waals surface area (Å²) < 4.78 is 10.9. The van der Waals surface area contributed by atoms with Crippen LogP contribution in [-0.4, -0.2) is 30.1 Å². The molecular formula is C20H22ClN3O4S. The molecular weight excluding hydrogens is 414 g/mol. The van der Waals surface area contributed by atoms with Crippen molar-refractivity contribution >= 4 is 40.7 Å². The van der Waals surface area contributed by atoms with Crippen molar-refractivity contribution in [3.8, 4) is 11.5 Å². The maximum absolute atomic E-state index is 12.3. The first-order chi connectivity index (χ1) is 14.0. The fraction of sp³-hybridized carbons (Fsp3) is 0.250. The van der Waals surface area contributed by atoms with Gasteiger partial charge in [0.15, 0.2) is 11.7 Å². The third-order valence-electron chi connectivity index (χ3n) is 3.60. The molecule has 0 bridgehead atoms. The zero-order valence-electron chi connectivity index (χ0n) is 15.9. The molecule has 0 saturated carbocycles. The van der Waals surface area contributed by atoms with Crippen LogP contribution in [0.15, 0.2) is 48.5 Å². The van der Waals surface area contributed by atoms with Gasteiger partial charge in [-0.15, -0.1) is 0 Å². The van der Waals surface area contributed by atoms with Gasteiger partial charge in [0.1, 0.15) is 11.5 Å². The second-order valence-corrected chi connectivity index (χ2v) is 6.72. The lowest BCUT2D eigenvalue weighted by atomic mass is 10.2. The van der Waals surface area contributed by atoms with Crippen LogP contribution in [0, 0.1) is 0 Å². The molecule has 0 aliphatic rings. The van der Waals surface area contributed by atoms with E-state index in [1.807, 2.05) is 0 Å². The number of hydrogen-bond acceptors (Lipinski definition) is 5. The van der Waals surface area contributed by atoms with Crippen molar-refractivity contribution in [2.75, 3.05) is 13.2 Å². The fourth-order valence-electron chi connectivity index (χ4n) is 2.14. The summed E-state index contributed by atoms with van der Waals surface area (Å²) in [4.78, 5) is 24.1. The number of hydrogen-bond donors (Lipinski definition) is 3. The number of carbonyl (C=O) groups excluding carboxylic acids is 2. The van der Waals surface area contributed by atoms with Crippen LogP contribution >= 0.6 is 23.8 Å². The van der Waals surface area contributed by atoms with Crippen molar-refractivity contribution in [1.29, 1.82) is 0 Å². The van der Waals surface area contributed by atoms with Crippen LogP contribution in [0.2, 0.25) is 5.02 Å². The van der Waals surface area contributed by atoms with Crippen molar-refractivity contribution in [2.45, 2.75) is 19.8 Å². The lowest BCUT2D eigenvalue weighted by Gasteiger charge is -2.12. The standard InChI is InChI=1S/C20H22ClN3O4S/c1-2-3-11-27-15-8-6-7-14(12-15)19(26)22-20(29)24-23-18(25)13-28-17-10-5-4-9-16(17)21/h4-10,12H,2-3,11,13H2,1H3,(H,23,25)(H2,22,24,26,29). The highest BCUT2D eigenvalue weighted by molar-refractivity contribution is 7.80. The smallest absolute Gasteiger partial charge is 0.276 e. The first-order valence-corrected chi connectivity index (χ1v) is 9.78. The summed E-state index contributed by atoms with van der Waals surface area (Å²) in [6.07, 6.45) is 1.96. The van der Waals surface area contributed by atoms with E-state index in [2.05, 4.69) is 23.1 Å². The van der Waals surface area contributed by atoms with Crippen LogP contribution in [-0.2, 0) is 4.79 Å². The van der Waals surface area contributed by atoms with E-state index >= 15 is 0 Å². The topological polar surface area (TPSA) is 88.7 Å². The lowest BCUT2D eigenvalue weighted by Crippen LogP contribution is -2.49. The van der Waals surface area contributed by atoms with Gasteiger partial charge in [0.05, 0.1) is 11.6 Å². The minimum atomic E-state index is -0.493. The largest absolute Gasteiger partial charge is 0.494 e. The number of halogens is 1. The van der Waals surface area contributed by atoms with E-state index in [1.165, 1.54) is 0 Å². The molecule has 9 heteroatoms. The summed E-state index contributed by atoms with van der Waals surface area (Å²) in [6, 6.07) is 13.6. The minimum Gasteiger partial charge on any atom is -0.494 e. The molecule has 2 aromatic rings. The van der Waals surface area contributed by atoms with Crippen molar-refractivity contribution in [3.05, 3.63) is 59.1 Å². The second kappa shape index (κ2) is 11.9. The Hall–Kier alpha value is -2.84. The molecule has 154 valence electrons. The summed E-state index contributed by atoms with van der Waals surface area (Å²) in [6.45, 7) is 2.39. The quantitative estimate of drug-likeness (QED) is 0.335. The van der Waals surface area contributed by atoms with E-state index in [0.717, 1.165) is 12.8 Å². The number of para-hydroxylation sites is 1. The number of ether oxygens (including phenoxy) is 2. The predicted molar refractivity (Wildman–Crippen MR) is 115 cm³/mol. The van der Waals surface area contributed by atoms with Gasteiger partial charge in [-0.2, -0.15) is 0 Å². The van der Waals surface area contributed by atoms with Crippen molar-refractivity contribution in [1.82, 2.24) is 16.2 Å². The maximum atomic E-state index is 12.3. The zero-order valence-corrected chi connectivity index (χ0v) is 17.4. The molecule has 0 aliphatic heterocycles. The Balaban J connectivity index is 1.75. The molecule has 0 atom stereocenters. The molecule has 0 saturated heterocycles. The van der Waals surface area contributed by atoms with Crippen molar-refractivity contribution < 1.29 is 19.1 Å². The van der Waals surface area contributed by atoms with E-state index in [-0.39, 0.29) is 11.7 Å². The lowest BCUT2D eigenvalue weighted by molar-refractivity contribution is -0.123. The molecule has 29 heavy (non-hydrogen) atoms. The van der Waals surface area contributed by atoms with Gasteiger partial charge in [-0.3, -0.25) is 25.8 Å². The van der Waals surface area contributed by atoms with E-state index in [9.17, 15) is 9.59 Å². The van der Waals surface area contributed by atoms with Crippen LogP contribution in [0.5, 0.6) is 11.5 Å². The molecule has 2 amide bonds. The third-order valence-corrected chi connectivity index (χ3v) is 4.12. The molecule has 0 radical (unpaired) electrons. The molecule has 0 aliphatic carbocycles. The molecule has 7 nitrogen and oxygen atoms in total. The van der Waals surface area contributed by atoms with E-state index < -0.39 is 11.8 Å². The maximum Gasteiger partial charge on any atom is 0.276 e. The first-order valence-electron chi connectivity index (χ1n) is 9.00. The highest BCUT2D eigenvalue weighted by atomic mass is 35.5. The molecule has 2 aromatic carbocycles. The number of thiocarbonyl (C=S) groups is 1. The van der Waals surface area contributed by atoms with Crippen LogP contribution in [0.3, 0.4) is 0 Å². The predicted octanol–water partition coefficient (Wildman–Crippen LogP) is 3.23. The third kappa shape index (κ3) is 7.97. The van der Waals surface area contributed by atoms with Gasteiger partial charge >= 0.3 is 0 Å². The Morgan fingerprint density at radius 1 is 1.07 bits per heavy atom. The summed E-state index contributed by atoms with van der Waals surface area (Å²) >= 11 is 11.0. The number of benzene rings is 2. The number of carbonyl (C=O) groups is 2. The Bertz CT molecular complexity index is 863. The van der Waals surface area contributed by atoms with Gasteiger partial charge < -0.3 is 9.47 Å². The Morgan fingerprint density at radius 3 is 2.62 bits per heavy atom. The summed E-state index contributed by atoms with van der Waals surface area (Å²) in [5.41, 5.74) is 5.17. The van der Waals surface area contributed by atoms with E-state index in [0.29, 0.717) is 28.7 Å². The Kier molecular flexibility index (Phi) is 9.20. The summed E-state index contributed by atoms with van der Waals surface area (Å²) in [5, 5.41) is 2.82. The molecule has 0 fully saturated rings. The Labute approximate surface area is 179 Å². The second-order valence-electron chi connectivity index (χ2n) is 5.91. The number of rotatable bonds is 8. The number of unbranched alkanes of at least 4 members (excludes halogenated alkanes) is 1. The molecule has 0 unspecified atom stereocenters. The van der Waals surface area contributed by atoms with Crippen LogP contribution in [0.4, 0.5) is 0 Å². The van der Waals surface area contributed by atoms with Gasteiger partial charge in [-0.05, 0) is 49.0 Å². The van der Waals surface area contributed by atoms with Crippen molar-refractivity contribution in [3.63, 3.8) is 0 Å². The summed E-state index contributed by atoms with van der Waals surface area (Å²) in [5.74, 6) is 0.0779. The average Bonchev–Trinajstić information content (AvgIpc) is 2.72. The zero-order chi connectivity index (χ0) is 21.1. The Morgan fingerprint density at radius 2 is 1.86 bits per heavy atom. The fourth-order valence-corrected chi connectivity index (χ4v) is 2.47. The van der Waals surface area contributed by atoms with E-state index in [1.54, 1.807) is 48.5 Å². The van der Waals surface area contributed by atoms with Crippen LogP contribution in [0.1, 0.15) is 30.1 Å². The average molecular weight is 436 g/mol. The SMILES string of the molecule is CCCCOc1cccc(C(=O)NC(=S)NNC(=O)COc2ccccc2Cl)c1. The van der Waals surface area contributed by atoms with Gasteiger partial charge in [-0.25, -0.2) is 0 Å². The minimum absolute atomic E-state index is 0.0570. The van der Waals surface area contributed by atoms with Gasteiger partial charge in [0, 0.05) is 5.56 Å². The number of hydrazine groups is 1. The van der Waals surface area contributed by atoms with Gasteiger partial charge in [0.2, 0.25) is 0 Å². The molecule has 2 rings (SSSR count). The highest BCUT2D eigenvalue weighted by Crippen LogP contribution is 2.22. The van der Waals surface area contributed by atoms with Crippen LogP contribution < -0.4 is 25.6 Å². The van der Waals surface area contributed by atoms with Crippen molar-refractivity contribution in [2.24, 2.45) is 0 Å². The van der Waals surface area contributed by atoms with Gasteiger partial charge in [-0.1, -0.05) is 43.1 Å². The number of amides is 2. The highest BCUT2D eigenvalue weighted by Gasteiger charge is 2.10. The van der Waals surface area contributed by atoms with Gasteiger partial charge in [0.25, 0.3) is 11.8 Å².